The van der Waals surface area contributed by atoms with Crippen LogP contribution in [0.4, 0.5) is 5.69 Å². The van der Waals surface area contributed by atoms with Crippen molar-refractivity contribution in [2.75, 3.05) is 13.6 Å². The first-order chi connectivity index (χ1) is 8.38. The molecular weight excluding hydrogens is 258 g/mol. The van der Waals surface area contributed by atoms with Crippen molar-refractivity contribution in [2.24, 2.45) is 0 Å². The first-order valence-electron chi connectivity index (χ1n) is 4.91. The van der Waals surface area contributed by atoms with Crippen molar-refractivity contribution in [3.8, 4) is 6.07 Å². The number of sulfonamides is 1. The molecule has 0 saturated carbocycles. The van der Waals surface area contributed by atoms with Gasteiger partial charge in [-0.2, -0.15) is 9.57 Å². The summed E-state index contributed by atoms with van der Waals surface area (Å²) in [5.41, 5.74) is -0.140. The number of hydrogen-bond donors (Lipinski definition) is 0. The van der Waals surface area contributed by atoms with Crippen molar-refractivity contribution in [1.82, 2.24) is 4.31 Å². The van der Waals surface area contributed by atoms with Crippen molar-refractivity contribution in [2.45, 2.75) is 5.75 Å². The van der Waals surface area contributed by atoms with Gasteiger partial charge in [-0.1, -0.05) is 18.2 Å². The summed E-state index contributed by atoms with van der Waals surface area (Å²) >= 11 is 0. The fraction of sp³-hybridized carbons (Fsp3) is 0.300. The number of rotatable bonds is 5. The van der Waals surface area contributed by atoms with E-state index in [2.05, 4.69) is 0 Å². The van der Waals surface area contributed by atoms with Crippen LogP contribution in [-0.4, -0.2) is 31.2 Å². The fourth-order valence-electron chi connectivity index (χ4n) is 1.32. The number of hydrogen-bond acceptors (Lipinski definition) is 5. The molecule has 0 aliphatic rings. The number of nitriles is 1. The topological polar surface area (TPSA) is 104 Å². The quantitative estimate of drug-likeness (QED) is 0.448. The molecule has 0 spiro atoms. The SMILES string of the molecule is CN(CC#N)S(=O)(=O)Cc1ccccc1[N+](=O)[O-]. The first-order valence-corrected chi connectivity index (χ1v) is 6.52. The van der Waals surface area contributed by atoms with Crippen molar-refractivity contribution in [3.63, 3.8) is 0 Å². The molecule has 96 valence electrons. The number of nitro groups is 1. The largest absolute Gasteiger partial charge is 0.273 e. The molecule has 0 heterocycles. The van der Waals surface area contributed by atoms with E-state index < -0.39 is 20.7 Å². The van der Waals surface area contributed by atoms with Gasteiger partial charge in [0, 0.05) is 18.7 Å². The van der Waals surface area contributed by atoms with Crippen LogP contribution in [0.1, 0.15) is 5.56 Å². The van der Waals surface area contributed by atoms with Crippen LogP contribution in [0, 0.1) is 21.4 Å². The van der Waals surface area contributed by atoms with E-state index in [0.717, 1.165) is 4.31 Å². The summed E-state index contributed by atoms with van der Waals surface area (Å²) in [5.74, 6) is -0.498. The lowest BCUT2D eigenvalue weighted by Crippen LogP contribution is -2.28. The molecule has 8 heteroatoms. The Morgan fingerprint density at radius 1 is 1.44 bits per heavy atom. The van der Waals surface area contributed by atoms with Crippen LogP contribution in [0.2, 0.25) is 0 Å². The van der Waals surface area contributed by atoms with Gasteiger partial charge >= 0.3 is 0 Å². The zero-order chi connectivity index (χ0) is 13.8. The summed E-state index contributed by atoms with van der Waals surface area (Å²) in [5, 5.41) is 19.2. The third-order valence-electron chi connectivity index (χ3n) is 2.29. The fourth-order valence-corrected chi connectivity index (χ4v) is 2.43. The molecule has 1 aromatic carbocycles. The van der Waals surface area contributed by atoms with Crippen LogP contribution in [0.15, 0.2) is 24.3 Å². The lowest BCUT2D eigenvalue weighted by Gasteiger charge is -2.13. The maximum Gasteiger partial charge on any atom is 0.273 e. The predicted molar refractivity (Wildman–Crippen MR) is 64.0 cm³/mol. The zero-order valence-corrected chi connectivity index (χ0v) is 10.4. The Bertz CT molecular complexity index is 591. The molecule has 0 radical (unpaired) electrons. The van der Waals surface area contributed by atoms with Crippen LogP contribution < -0.4 is 0 Å². The zero-order valence-electron chi connectivity index (χ0n) is 9.61. The van der Waals surface area contributed by atoms with E-state index in [1.165, 1.54) is 31.3 Å². The van der Waals surface area contributed by atoms with Crippen molar-refractivity contribution in [3.05, 3.63) is 39.9 Å². The van der Waals surface area contributed by atoms with Gasteiger partial charge < -0.3 is 0 Å². The third-order valence-corrected chi connectivity index (χ3v) is 4.05. The second-order valence-corrected chi connectivity index (χ2v) is 5.63. The average molecular weight is 269 g/mol. The van der Waals surface area contributed by atoms with E-state index in [-0.39, 0.29) is 17.8 Å². The Morgan fingerprint density at radius 3 is 2.61 bits per heavy atom. The molecule has 0 amide bonds. The van der Waals surface area contributed by atoms with Gasteiger partial charge in [0.05, 0.1) is 16.7 Å². The standard InChI is InChI=1S/C10H11N3O4S/c1-12(7-6-11)18(16,17)8-9-4-2-3-5-10(9)13(14)15/h2-5H,7-8H2,1H3. The summed E-state index contributed by atoms with van der Waals surface area (Å²) in [7, 11) is -2.47. The number of benzene rings is 1. The maximum atomic E-state index is 11.8. The number of para-hydroxylation sites is 1. The predicted octanol–water partition coefficient (Wildman–Crippen LogP) is 0.880. The van der Waals surface area contributed by atoms with E-state index in [1.807, 2.05) is 0 Å². The van der Waals surface area contributed by atoms with Gasteiger partial charge in [-0.25, -0.2) is 8.42 Å². The molecule has 0 aliphatic heterocycles. The molecule has 7 nitrogen and oxygen atoms in total. The molecule has 1 rings (SSSR count). The van der Waals surface area contributed by atoms with Crippen LogP contribution in [-0.2, 0) is 15.8 Å². The lowest BCUT2D eigenvalue weighted by molar-refractivity contribution is -0.385. The van der Waals surface area contributed by atoms with Gasteiger partial charge in [0.2, 0.25) is 10.0 Å². The average Bonchev–Trinajstić information content (AvgIpc) is 2.29. The maximum absolute atomic E-state index is 11.8. The molecule has 0 aliphatic carbocycles. The van der Waals surface area contributed by atoms with E-state index in [1.54, 1.807) is 6.07 Å². The van der Waals surface area contributed by atoms with E-state index in [9.17, 15) is 18.5 Å². The highest BCUT2D eigenvalue weighted by Gasteiger charge is 2.23. The van der Waals surface area contributed by atoms with Crippen molar-refractivity contribution in [1.29, 1.82) is 5.26 Å². The molecule has 0 atom stereocenters. The highest BCUT2D eigenvalue weighted by atomic mass is 32.2. The molecule has 1 aromatic rings. The van der Waals surface area contributed by atoms with Gasteiger partial charge in [-0.3, -0.25) is 10.1 Å². The van der Waals surface area contributed by atoms with E-state index in [4.69, 9.17) is 5.26 Å². The van der Waals surface area contributed by atoms with Gasteiger partial charge in [0.25, 0.3) is 5.69 Å². The molecular formula is C10H11N3O4S. The summed E-state index contributed by atoms with van der Waals surface area (Å²) in [6.07, 6.45) is 0. The van der Waals surface area contributed by atoms with Crippen LogP contribution in [0.3, 0.4) is 0 Å². The summed E-state index contributed by atoms with van der Waals surface area (Å²) < 4.78 is 24.5. The summed E-state index contributed by atoms with van der Waals surface area (Å²) in [4.78, 5) is 10.1. The second kappa shape index (κ2) is 5.57. The number of nitrogens with zero attached hydrogens (tertiary/aromatic N) is 3. The van der Waals surface area contributed by atoms with Crippen molar-refractivity contribution >= 4 is 15.7 Å². The van der Waals surface area contributed by atoms with E-state index in [0.29, 0.717) is 0 Å². The Balaban J connectivity index is 3.06. The smallest absolute Gasteiger partial charge is 0.258 e. The molecule has 0 unspecified atom stereocenters. The molecule has 0 fully saturated rings. The third kappa shape index (κ3) is 3.26. The highest BCUT2D eigenvalue weighted by molar-refractivity contribution is 7.88. The van der Waals surface area contributed by atoms with Crippen LogP contribution in [0.25, 0.3) is 0 Å². The molecule has 0 bridgehead atoms. The normalized spacial score (nSPS) is 11.2. The minimum atomic E-state index is -3.73. The first kappa shape index (κ1) is 14.1. The monoisotopic (exact) mass is 269 g/mol. The lowest BCUT2D eigenvalue weighted by atomic mass is 10.2. The summed E-state index contributed by atoms with van der Waals surface area (Å²) in [6, 6.07) is 7.34. The van der Waals surface area contributed by atoms with Crippen LogP contribution in [0.5, 0.6) is 0 Å². The Labute approximate surface area is 104 Å². The Morgan fingerprint density at radius 2 is 2.06 bits per heavy atom. The molecule has 0 saturated heterocycles. The van der Waals surface area contributed by atoms with Crippen LogP contribution >= 0.6 is 0 Å². The Hall–Kier alpha value is -1.98. The minimum absolute atomic E-state index is 0.104. The van der Waals surface area contributed by atoms with Gasteiger partial charge in [0.15, 0.2) is 0 Å². The molecule has 0 aromatic heterocycles. The summed E-state index contributed by atoms with van der Waals surface area (Å²) in [6.45, 7) is -0.289. The molecule has 0 N–H and O–H groups in total. The second-order valence-electron chi connectivity index (χ2n) is 3.56. The Kier molecular flexibility index (Phi) is 4.36. The van der Waals surface area contributed by atoms with E-state index >= 15 is 0 Å². The minimum Gasteiger partial charge on any atom is -0.258 e. The van der Waals surface area contributed by atoms with Gasteiger partial charge in [-0.15, -0.1) is 0 Å². The van der Waals surface area contributed by atoms with Gasteiger partial charge in [-0.05, 0) is 0 Å². The molecule has 18 heavy (non-hydrogen) atoms. The highest BCUT2D eigenvalue weighted by Crippen LogP contribution is 2.21. The van der Waals surface area contributed by atoms with Gasteiger partial charge in [0.1, 0.15) is 6.54 Å². The van der Waals surface area contributed by atoms with Crippen molar-refractivity contribution < 1.29 is 13.3 Å². The number of nitro benzene ring substituents is 1.